The molecule has 0 spiro atoms. The lowest BCUT2D eigenvalue weighted by Gasteiger charge is -2.41. The van der Waals surface area contributed by atoms with Gasteiger partial charge in [-0.3, -0.25) is 19.8 Å². The fraction of sp³-hybridized carbons (Fsp3) is 0.438. The van der Waals surface area contributed by atoms with Crippen molar-refractivity contribution in [2.24, 2.45) is 5.92 Å². The minimum atomic E-state index is -0.214. The first-order chi connectivity index (χ1) is 11.1. The number of nitrogens with one attached hydrogen (secondary N) is 3. The Kier molecular flexibility index (Phi) is 4.88. The van der Waals surface area contributed by atoms with Crippen LogP contribution in [0.15, 0.2) is 30.3 Å². The van der Waals surface area contributed by atoms with E-state index in [2.05, 4.69) is 16.0 Å². The fourth-order valence-corrected chi connectivity index (χ4v) is 3.24. The van der Waals surface area contributed by atoms with Crippen LogP contribution >= 0.6 is 12.2 Å². The summed E-state index contributed by atoms with van der Waals surface area (Å²) in [6, 6.07) is 9.65. The van der Waals surface area contributed by atoms with E-state index in [9.17, 15) is 9.59 Å². The van der Waals surface area contributed by atoms with Crippen LogP contribution in [0.25, 0.3) is 0 Å². The van der Waals surface area contributed by atoms with Crippen LogP contribution in [0, 0.1) is 5.92 Å². The van der Waals surface area contributed by atoms with Crippen LogP contribution in [0.3, 0.4) is 0 Å². The Morgan fingerprint density at radius 3 is 2.91 bits per heavy atom. The van der Waals surface area contributed by atoms with Crippen LogP contribution in [-0.4, -0.2) is 41.1 Å². The summed E-state index contributed by atoms with van der Waals surface area (Å²) in [7, 11) is 0. The van der Waals surface area contributed by atoms with Crippen molar-refractivity contribution in [2.75, 3.05) is 13.1 Å². The van der Waals surface area contributed by atoms with Crippen molar-refractivity contribution in [1.29, 1.82) is 0 Å². The molecule has 2 aliphatic rings. The third kappa shape index (κ3) is 3.68. The van der Waals surface area contributed by atoms with Crippen LogP contribution in [0.5, 0.6) is 0 Å². The Labute approximate surface area is 140 Å². The van der Waals surface area contributed by atoms with E-state index < -0.39 is 0 Å². The van der Waals surface area contributed by atoms with Crippen molar-refractivity contribution in [3.05, 3.63) is 35.9 Å². The third-order valence-electron chi connectivity index (χ3n) is 4.20. The van der Waals surface area contributed by atoms with Gasteiger partial charge >= 0.3 is 0 Å². The smallest absolute Gasteiger partial charge is 0.240 e. The number of rotatable bonds is 4. The quantitative estimate of drug-likeness (QED) is 0.694. The molecular weight excluding hydrogens is 312 g/mol. The van der Waals surface area contributed by atoms with Gasteiger partial charge in [-0.25, -0.2) is 0 Å². The lowest BCUT2D eigenvalue weighted by atomic mass is 9.93. The zero-order chi connectivity index (χ0) is 16.2. The predicted molar refractivity (Wildman–Crippen MR) is 90.3 cm³/mol. The highest BCUT2D eigenvalue weighted by Crippen LogP contribution is 2.21. The zero-order valence-electron chi connectivity index (χ0n) is 12.7. The van der Waals surface area contributed by atoms with Crippen molar-refractivity contribution in [2.45, 2.75) is 25.6 Å². The van der Waals surface area contributed by atoms with Gasteiger partial charge in [-0.05, 0) is 37.2 Å². The summed E-state index contributed by atoms with van der Waals surface area (Å²) in [4.78, 5) is 26.1. The molecule has 122 valence electrons. The topological polar surface area (TPSA) is 73.5 Å². The first kappa shape index (κ1) is 15.9. The van der Waals surface area contributed by atoms with Crippen molar-refractivity contribution < 1.29 is 9.59 Å². The van der Waals surface area contributed by atoms with Crippen molar-refractivity contribution in [3.8, 4) is 0 Å². The van der Waals surface area contributed by atoms with Crippen LogP contribution < -0.4 is 16.0 Å². The molecule has 23 heavy (non-hydrogen) atoms. The SMILES string of the molecule is O=C(CN1C(=O)C2CCCNC2NC1=S)NCc1ccccc1. The highest BCUT2D eigenvalue weighted by Gasteiger charge is 2.40. The summed E-state index contributed by atoms with van der Waals surface area (Å²) in [6.07, 6.45) is 1.66. The van der Waals surface area contributed by atoms with Crippen molar-refractivity contribution in [3.63, 3.8) is 0 Å². The van der Waals surface area contributed by atoms with Crippen molar-refractivity contribution >= 4 is 29.1 Å². The number of piperidine rings is 1. The van der Waals surface area contributed by atoms with Gasteiger partial charge in [0.1, 0.15) is 6.54 Å². The van der Waals surface area contributed by atoms with Crippen LogP contribution in [0.1, 0.15) is 18.4 Å². The number of carbonyl (C=O) groups is 2. The van der Waals surface area contributed by atoms with E-state index in [1.807, 2.05) is 30.3 Å². The van der Waals surface area contributed by atoms with Gasteiger partial charge in [-0.15, -0.1) is 0 Å². The lowest BCUT2D eigenvalue weighted by Crippen LogP contribution is -2.66. The standard InChI is InChI=1S/C16H20N4O2S/c21-13(18-9-11-5-2-1-3-6-11)10-20-15(22)12-7-4-8-17-14(12)19-16(20)23/h1-3,5-6,12,14,17H,4,7-10H2,(H,18,21)(H,19,23). The van der Waals surface area contributed by atoms with Gasteiger partial charge < -0.3 is 10.6 Å². The van der Waals surface area contributed by atoms with E-state index in [1.54, 1.807) is 0 Å². The van der Waals surface area contributed by atoms with Gasteiger partial charge in [0.2, 0.25) is 11.8 Å². The molecule has 2 aliphatic heterocycles. The second kappa shape index (κ2) is 7.06. The molecule has 2 atom stereocenters. The molecule has 0 radical (unpaired) electrons. The Bertz CT molecular complexity index is 607. The molecule has 6 nitrogen and oxygen atoms in total. The zero-order valence-corrected chi connectivity index (χ0v) is 13.6. The molecule has 2 saturated heterocycles. The number of hydrogen-bond acceptors (Lipinski definition) is 4. The molecule has 0 aliphatic carbocycles. The molecule has 2 fully saturated rings. The van der Waals surface area contributed by atoms with Crippen molar-refractivity contribution in [1.82, 2.24) is 20.9 Å². The third-order valence-corrected chi connectivity index (χ3v) is 4.54. The highest BCUT2D eigenvalue weighted by atomic mass is 32.1. The molecule has 3 N–H and O–H groups in total. The van der Waals surface area contributed by atoms with Gasteiger partial charge in [0.15, 0.2) is 5.11 Å². The maximum absolute atomic E-state index is 12.6. The molecular formula is C16H20N4O2S. The molecule has 2 heterocycles. The maximum Gasteiger partial charge on any atom is 0.240 e. The maximum atomic E-state index is 12.6. The summed E-state index contributed by atoms with van der Waals surface area (Å²) in [6.45, 7) is 1.28. The second-order valence-corrected chi connectivity index (χ2v) is 6.20. The first-order valence-electron chi connectivity index (χ1n) is 7.81. The van der Waals surface area contributed by atoms with Gasteiger partial charge in [0, 0.05) is 6.54 Å². The number of amides is 2. The van der Waals surface area contributed by atoms with E-state index in [0.29, 0.717) is 11.7 Å². The van der Waals surface area contributed by atoms with E-state index in [-0.39, 0.29) is 30.4 Å². The molecule has 0 bridgehead atoms. The Morgan fingerprint density at radius 2 is 2.13 bits per heavy atom. The number of hydrogen-bond donors (Lipinski definition) is 3. The fourth-order valence-electron chi connectivity index (χ4n) is 2.96. The molecule has 2 amide bonds. The summed E-state index contributed by atoms with van der Waals surface area (Å²) in [5.41, 5.74) is 1.02. The van der Waals surface area contributed by atoms with E-state index >= 15 is 0 Å². The molecule has 0 aromatic heterocycles. The van der Waals surface area contributed by atoms with Gasteiger partial charge in [0.05, 0.1) is 12.1 Å². The Balaban J connectivity index is 1.57. The van der Waals surface area contributed by atoms with Crippen LogP contribution in [-0.2, 0) is 16.1 Å². The second-order valence-electron chi connectivity index (χ2n) is 5.82. The molecule has 1 aromatic carbocycles. The van der Waals surface area contributed by atoms with E-state index in [4.69, 9.17) is 12.2 Å². The van der Waals surface area contributed by atoms with E-state index in [1.165, 1.54) is 4.90 Å². The van der Waals surface area contributed by atoms with Gasteiger partial charge in [-0.2, -0.15) is 0 Å². The number of nitrogens with zero attached hydrogens (tertiary/aromatic N) is 1. The normalized spacial score (nSPS) is 23.9. The van der Waals surface area contributed by atoms with E-state index in [0.717, 1.165) is 24.9 Å². The largest absolute Gasteiger partial charge is 0.350 e. The average Bonchev–Trinajstić information content (AvgIpc) is 2.58. The monoisotopic (exact) mass is 332 g/mol. The molecule has 7 heteroatoms. The molecule has 2 unspecified atom stereocenters. The number of benzene rings is 1. The molecule has 0 saturated carbocycles. The highest BCUT2D eigenvalue weighted by molar-refractivity contribution is 7.80. The summed E-state index contributed by atoms with van der Waals surface area (Å²) < 4.78 is 0. The summed E-state index contributed by atoms with van der Waals surface area (Å²) in [5, 5.41) is 9.52. The minimum Gasteiger partial charge on any atom is -0.350 e. The first-order valence-corrected chi connectivity index (χ1v) is 8.22. The number of fused-ring (bicyclic) bond motifs is 1. The van der Waals surface area contributed by atoms with Gasteiger partial charge in [-0.1, -0.05) is 30.3 Å². The van der Waals surface area contributed by atoms with Crippen LogP contribution in [0.2, 0.25) is 0 Å². The average molecular weight is 332 g/mol. The summed E-state index contributed by atoms with van der Waals surface area (Å²) >= 11 is 5.24. The Morgan fingerprint density at radius 1 is 1.35 bits per heavy atom. The molecule has 3 rings (SSSR count). The lowest BCUT2D eigenvalue weighted by molar-refractivity contribution is -0.138. The number of thiocarbonyl (C=S) groups is 1. The number of carbonyl (C=O) groups excluding carboxylic acids is 2. The minimum absolute atomic E-state index is 0.0410. The van der Waals surface area contributed by atoms with Crippen LogP contribution in [0.4, 0.5) is 0 Å². The van der Waals surface area contributed by atoms with Gasteiger partial charge in [0.25, 0.3) is 0 Å². The Hall–Kier alpha value is -1.99. The molecule has 1 aromatic rings. The summed E-state index contributed by atoms with van der Waals surface area (Å²) in [5.74, 6) is -0.438. The predicted octanol–water partition coefficient (Wildman–Crippen LogP) is 0.345.